The molecule has 0 unspecified atom stereocenters. The van der Waals surface area contributed by atoms with Crippen LogP contribution in [0, 0.1) is 5.92 Å². The van der Waals surface area contributed by atoms with E-state index >= 15 is 0 Å². The fourth-order valence-electron chi connectivity index (χ4n) is 6.58. The molecule has 1 aromatic heterocycles. The number of alkyl carbamates (subject to hydrolysis) is 1. The van der Waals surface area contributed by atoms with Gasteiger partial charge in [-0.15, -0.1) is 11.3 Å². The summed E-state index contributed by atoms with van der Waals surface area (Å²) in [5.41, 5.74) is 0.000416. The van der Waals surface area contributed by atoms with Crippen molar-refractivity contribution in [1.82, 2.24) is 20.5 Å². The molecule has 1 aromatic carbocycles. The van der Waals surface area contributed by atoms with Gasteiger partial charge in [0.05, 0.1) is 59.2 Å². The molecule has 0 bridgehead atoms. The van der Waals surface area contributed by atoms with E-state index in [1.165, 1.54) is 18.4 Å². The lowest BCUT2D eigenvalue weighted by atomic mass is 9.83. The highest BCUT2D eigenvalue weighted by Crippen LogP contribution is 2.36. The van der Waals surface area contributed by atoms with E-state index in [1.54, 1.807) is 62.2 Å². The molecule has 0 spiro atoms. The minimum Gasteiger partial charge on any atom is -0.491 e. The molecule has 318 valence electrons. The van der Waals surface area contributed by atoms with Crippen molar-refractivity contribution in [2.24, 2.45) is 5.92 Å². The third-order valence-corrected chi connectivity index (χ3v) is 10.3. The fourth-order valence-corrected chi connectivity index (χ4v) is 7.53. The third-order valence-electron chi connectivity index (χ3n) is 9.40. The predicted molar refractivity (Wildman–Crippen MR) is 214 cm³/mol. The Labute approximate surface area is 340 Å². The normalized spacial score (nSPS) is 16.9. The maximum Gasteiger partial charge on any atom is 0.408 e. The number of aromatic nitrogens is 1. The summed E-state index contributed by atoms with van der Waals surface area (Å²) in [6.45, 7) is 9.74. The summed E-state index contributed by atoms with van der Waals surface area (Å²) in [7, 11) is 1.34. The summed E-state index contributed by atoms with van der Waals surface area (Å²) in [5, 5.41) is 7.96. The molecule has 0 radical (unpaired) electrons. The van der Waals surface area contributed by atoms with Crippen molar-refractivity contribution >= 4 is 41.0 Å². The number of esters is 1. The molecule has 16 heteroatoms. The molecule has 2 fully saturated rings. The lowest BCUT2D eigenvalue weighted by Gasteiger charge is -2.35. The van der Waals surface area contributed by atoms with Gasteiger partial charge in [0, 0.05) is 17.5 Å². The van der Waals surface area contributed by atoms with Gasteiger partial charge in [-0.2, -0.15) is 0 Å². The monoisotopic (exact) mass is 818 g/mol. The quantitative estimate of drug-likeness (QED) is 0.0900. The number of carbonyl (C=O) groups excluding carboxylic acids is 5. The van der Waals surface area contributed by atoms with Crippen LogP contribution in [0.1, 0.15) is 114 Å². The Kier molecular flexibility index (Phi) is 19.9. The summed E-state index contributed by atoms with van der Waals surface area (Å²) < 4.78 is 32.0. The number of ether oxygens (including phenoxy) is 6. The van der Waals surface area contributed by atoms with E-state index in [1.807, 2.05) is 0 Å². The molecule has 15 nitrogen and oxygen atoms in total. The van der Waals surface area contributed by atoms with E-state index in [0.717, 1.165) is 38.5 Å². The Morgan fingerprint density at radius 2 is 1.56 bits per heavy atom. The zero-order valence-corrected chi connectivity index (χ0v) is 34.1. The smallest absolute Gasteiger partial charge is 0.408 e. The Bertz CT molecular complexity index is 1590. The van der Waals surface area contributed by atoms with Gasteiger partial charge in [0.1, 0.15) is 40.7 Å². The number of nitrogens with zero attached hydrogens (tertiary/aromatic N) is 2. The second kappa shape index (κ2) is 24.0. The number of hydrogen-bond donors (Lipinski definition) is 2. The number of hydrogen-bond acceptors (Lipinski definition) is 13. The van der Waals surface area contributed by atoms with Gasteiger partial charge >= 0.3 is 12.1 Å². The summed E-state index contributed by atoms with van der Waals surface area (Å²) in [5.74, 6) is -0.690. The molecule has 4 rings (SSSR count). The molecule has 2 aromatic rings. The van der Waals surface area contributed by atoms with Gasteiger partial charge < -0.3 is 44.0 Å². The van der Waals surface area contributed by atoms with Crippen molar-refractivity contribution in [2.75, 3.05) is 59.9 Å². The van der Waals surface area contributed by atoms with Gasteiger partial charge in [0.25, 0.3) is 0 Å². The average molecular weight is 819 g/mol. The van der Waals surface area contributed by atoms with Gasteiger partial charge in [-0.05, 0) is 71.4 Å². The van der Waals surface area contributed by atoms with Crippen molar-refractivity contribution < 1.29 is 52.4 Å². The Morgan fingerprint density at radius 1 is 0.895 bits per heavy atom. The predicted octanol–water partition coefficient (Wildman–Crippen LogP) is 5.64. The molecule has 2 aliphatic rings. The fraction of sp³-hybridized carbons (Fsp3) is 0.659. The Morgan fingerprint density at radius 3 is 2.23 bits per heavy atom. The van der Waals surface area contributed by atoms with E-state index in [4.69, 9.17) is 28.7 Å². The standard InChI is InChI=1S/C40H58N4O11S.CH4/c1-27(41-39(49)55-40(2,3)4)36(47)43-34(28-11-7-6-8-12-28)38(48)44-17-10-15-32(44)37-42-31(26-56-37)35(46)29-13-9-14-30(25-29)54-24-23-53-22-21-52-20-19-51-18-16-33(45)50-5;/h9,13-14,25-28,32,34H,6-8,10-12,15-24H2,1-5H3,(H,41,49)(H,43,47);1H4/t27-,32-,34-;/m0./s1. The van der Waals surface area contributed by atoms with E-state index in [9.17, 15) is 24.0 Å². The van der Waals surface area contributed by atoms with Gasteiger partial charge in [-0.3, -0.25) is 19.2 Å². The van der Waals surface area contributed by atoms with Gasteiger partial charge in [0.15, 0.2) is 0 Å². The highest BCUT2D eigenvalue weighted by atomic mass is 32.1. The second-order valence-corrected chi connectivity index (χ2v) is 15.8. The molecule has 3 amide bonds. The topological polar surface area (TPSA) is 181 Å². The first-order valence-corrected chi connectivity index (χ1v) is 20.4. The number of ketones is 1. The number of thiazole rings is 1. The summed E-state index contributed by atoms with van der Waals surface area (Å²) in [4.78, 5) is 71.1. The van der Waals surface area contributed by atoms with Crippen molar-refractivity contribution in [2.45, 2.75) is 110 Å². The van der Waals surface area contributed by atoms with Gasteiger partial charge in [0.2, 0.25) is 17.6 Å². The first kappa shape index (κ1) is 47.3. The maximum atomic E-state index is 14.3. The van der Waals surface area contributed by atoms with Crippen LogP contribution >= 0.6 is 11.3 Å². The molecule has 1 aliphatic heterocycles. The highest BCUT2D eigenvalue weighted by Gasteiger charge is 2.40. The largest absolute Gasteiger partial charge is 0.491 e. The van der Waals surface area contributed by atoms with Crippen LogP contribution in [0.4, 0.5) is 4.79 Å². The van der Waals surface area contributed by atoms with Crippen LogP contribution in [0.2, 0.25) is 0 Å². The molecular formula is C41H62N4O11S. The van der Waals surface area contributed by atoms with E-state index < -0.39 is 29.7 Å². The molecule has 2 heterocycles. The van der Waals surface area contributed by atoms with Crippen molar-refractivity contribution in [3.8, 4) is 5.75 Å². The summed E-state index contributed by atoms with van der Waals surface area (Å²) in [6.07, 6.45) is 5.66. The van der Waals surface area contributed by atoms with Crippen LogP contribution < -0.4 is 15.4 Å². The van der Waals surface area contributed by atoms with Crippen LogP contribution in [0.3, 0.4) is 0 Å². The van der Waals surface area contributed by atoms with Crippen molar-refractivity contribution in [3.63, 3.8) is 0 Å². The maximum absolute atomic E-state index is 14.3. The highest BCUT2D eigenvalue weighted by molar-refractivity contribution is 7.10. The molecule has 1 aliphatic carbocycles. The number of likely N-dealkylation sites (tertiary alicyclic amines) is 1. The number of nitrogens with one attached hydrogen (secondary N) is 2. The van der Waals surface area contributed by atoms with Crippen LogP contribution in [-0.4, -0.2) is 117 Å². The van der Waals surface area contributed by atoms with Crippen LogP contribution in [-0.2, 0) is 38.1 Å². The minimum absolute atomic E-state index is 0. The number of benzene rings is 1. The van der Waals surface area contributed by atoms with E-state index in [-0.39, 0.29) is 62.4 Å². The molecule has 57 heavy (non-hydrogen) atoms. The molecule has 1 saturated heterocycles. The minimum atomic E-state index is -0.905. The third kappa shape index (κ3) is 15.6. The van der Waals surface area contributed by atoms with Crippen molar-refractivity contribution in [3.05, 3.63) is 45.9 Å². The van der Waals surface area contributed by atoms with E-state index in [0.29, 0.717) is 62.3 Å². The number of amides is 3. The lowest BCUT2D eigenvalue weighted by Crippen LogP contribution is -2.56. The average Bonchev–Trinajstić information content (AvgIpc) is 3.87. The summed E-state index contributed by atoms with van der Waals surface area (Å²) in [6, 6.07) is 4.93. The molecule has 2 N–H and O–H groups in total. The van der Waals surface area contributed by atoms with Gasteiger partial charge in [-0.1, -0.05) is 38.8 Å². The SMILES string of the molecule is C.COC(=O)CCOCCOCCOCCOc1cccc(C(=O)c2csc([C@@H]3CCCN3C(=O)[C@@H](NC(=O)[C@H](C)NC(=O)OC(C)(C)C)C3CCCCC3)n2)c1. The number of methoxy groups -OCH3 is 1. The number of rotatable bonds is 21. The Balaban J connectivity index is 0.00000870. The van der Waals surface area contributed by atoms with Crippen molar-refractivity contribution in [1.29, 1.82) is 0 Å². The summed E-state index contributed by atoms with van der Waals surface area (Å²) >= 11 is 1.35. The molecular weight excluding hydrogens is 757 g/mol. The molecule has 1 saturated carbocycles. The zero-order valence-electron chi connectivity index (χ0n) is 33.3. The second-order valence-electron chi connectivity index (χ2n) is 14.9. The zero-order chi connectivity index (χ0) is 40.5. The first-order chi connectivity index (χ1) is 26.9. The Hall–Kier alpha value is -4.12. The number of carbonyl (C=O) groups is 5. The van der Waals surface area contributed by atoms with Crippen LogP contribution in [0.25, 0.3) is 0 Å². The lowest BCUT2D eigenvalue weighted by molar-refractivity contribution is -0.142. The first-order valence-electron chi connectivity index (χ1n) is 19.5. The molecule has 3 atom stereocenters. The van der Waals surface area contributed by atoms with Gasteiger partial charge in [-0.25, -0.2) is 9.78 Å². The van der Waals surface area contributed by atoms with Crippen LogP contribution in [0.15, 0.2) is 29.6 Å². The van der Waals surface area contributed by atoms with E-state index in [2.05, 4.69) is 15.4 Å². The van der Waals surface area contributed by atoms with Crippen LogP contribution in [0.5, 0.6) is 5.75 Å².